The van der Waals surface area contributed by atoms with Crippen molar-refractivity contribution in [2.24, 2.45) is 0 Å². The molecule has 106 valence electrons. The van der Waals surface area contributed by atoms with Crippen LogP contribution >= 0.6 is 11.6 Å². The predicted molar refractivity (Wildman–Crippen MR) is 76.5 cm³/mol. The summed E-state index contributed by atoms with van der Waals surface area (Å²) in [5.41, 5.74) is -0.570. The van der Waals surface area contributed by atoms with E-state index in [0.717, 1.165) is 38.5 Å². The minimum atomic E-state index is -0.570. The van der Waals surface area contributed by atoms with Gasteiger partial charge in [0.2, 0.25) is 17.2 Å². The monoisotopic (exact) mass is 292 g/mol. The van der Waals surface area contributed by atoms with Crippen molar-refractivity contribution in [3.8, 4) is 6.07 Å². The van der Waals surface area contributed by atoms with Gasteiger partial charge in [-0.3, -0.25) is 0 Å². The topological polar surface area (TPSA) is 86.5 Å². The van der Waals surface area contributed by atoms with Gasteiger partial charge in [0.05, 0.1) is 6.07 Å². The molecule has 1 heterocycles. The molecule has 0 bridgehead atoms. The van der Waals surface area contributed by atoms with E-state index in [4.69, 9.17) is 11.6 Å². The smallest absolute Gasteiger partial charge is 0.230 e. The molecule has 0 amide bonds. The zero-order chi connectivity index (χ0) is 14.0. The van der Waals surface area contributed by atoms with Crippen LogP contribution in [0.3, 0.4) is 0 Å². The number of nitrogens with one attached hydrogen (secondary N) is 2. The Kier molecular flexibility index (Phi) is 3.62. The van der Waals surface area contributed by atoms with Gasteiger partial charge in [0.15, 0.2) is 0 Å². The van der Waals surface area contributed by atoms with Crippen molar-refractivity contribution in [1.82, 2.24) is 15.0 Å². The van der Waals surface area contributed by atoms with Gasteiger partial charge in [0, 0.05) is 6.04 Å². The molecule has 0 radical (unpaired) electrons. The van der Waals surface area contributed by atoms with Gasteiger partial charge in [0.1, 0.15) is 5.54 Å². The van der Waals surface area contributed by atoms with Gasteiger partial charge < -0.3 is 10.6 Å². The molecule has 20 heavy (non-hydrogen) atoms. The van der Waals surface area contributed by atoms with Crippen LogP contribution in [0.25, 0.3) is 0 Å². The van der Waals surface area contributed by atoms with E-state index in [2.05, 4.69) is 31.7 Å². The summed E-state index contributed by atoms with van der Waals surface area (Å²) in [4.78, 5) is 12.5. The fraction of sp³-hybridized carbons (Fsp3) is 0.692. The number of hydrogen-bond donors (Lipinski definition) is 2. The molecule has 0 atom stereocenters. The van der Waals surface area contributed by atoms with E-state index in [1.165, 1.54) is 6.42 Å². The highest BCUT2D eigenvalue weighted by molar-refractivity contribution is 6.28. The molecule has 0 aromatic carbocycles. The molecule has 2 aliphatic carbocycles. The largest absolute Gasteiger partial charge is 0.351 e. The van der Waals surface area contributed by atoms with Crippen LogP contribution in [0.5, 0.6) is 0 Å². The third kappa shape index (κ3) is 3.10. The lowest BCUT2D eigenvalue weighted by Crippen LogP contribution is -2.39. The number of nitriles is 1. The molecular formula is C13H17ClN6. The lowest BCUT2D eigenvalue weighted by molar-refractivity contribution is 0.390. The van der Waals surface area contributed by atoms with Crippen LogP contribution in [-0.2, 0) is 0 Å². The quantitative estimate of drug-likeness (QED) is 0.887. The highest BCUT2D eigenvalue weighted by Gasteiger charge is 2.33. The number of aromatic nitrogens is 3. The number of anilines is 2. The van der Waals surface area contributed by atoms with Crippen LogP contribution in [0.4, 0.5) is 11.9 Å². The first-order valence-corrected chi connectivity index (χ1v) is 7.44. The molecule has 0 saturated heterocycles. The molecule has 2 N–H and O–H groups in total. The minimum Gasteiger partial charge on any atom is -0.351 e. The maximum Gasteiger partial charge on any atom is 0.230 e. The van der Waals surface area contributed by atoms with Crippen LogP contribution in [0.2, 0.25) is 5.28 Å². The van der Waals surface area contributed by atoms with Gasteiger partial charge in [-0.15, -0.1) is 0 Å². The van der Waals surface area contributed by atoms with Crippen molar-refractivity contribution in [1.29, 1.82) is 5.26 Å². The third-order valence-electron chi connectivity index (χ3n) is 3.79. The Balaban J connectivity index is 1.78. The van der Waals surface area contributed by atoms with Crippen molar-refractivity contribution in [3.05, 3.63) is 5.28 Å². The summed E-state index contributed by atoms with van der Waals surface area (Å²) in [7, 11) is 0. The Labute approximate surface area is 123 Å². The second kappa shape index (κ2) is 5.41. The Hall–Kier alpha value is -1.61. The van der Waals surface area contributed by atoms with Crippen molar-refractivity contribution >= 4 is 23.5 Å². The second-order valence-electron chi connectivity index (χ2n) is 5.55. The molecule has 2 saturated carbocycles. The number of nitrogens with zero attached hydrogens (tertiary/aromatic N) is 4. The van der Waals surface area contributed by atoms with Crippen molar-refractivity contribution < 1.29 is 0 Å². The summed E-state index contributed by atoms with van der Waals surface area (Å²) < 4.78 is 0. The molecule has 0 aliphatic heterocycles. The maximum atomic E-state index is 9.46. The molecule has 0 spiro atoms. The average Bonchev–Trinajstić information content (AvgIpc) is 3.23. The lowest BCUT2D eigenvalue weighted by atomic mass is 9.83. The lowest BCUT2D eigenvalue weighted by Gasteiger charge is -2.31. The van der Waals surface area contributed by atoms with Gasteiger partial charge >= 0.3 is 0 Å². The van der Waals surface area contributed by atoms with Gasteiger partial charge in [-0.05, 0) is 37.3 Å². The van der Waals surface area contributed by atoms with Crippen molar-refractivity contribution in [3.63, 3.8) is 0 Å². The number of halogens is 1. The van der Waals surface area contributed by atoms with E-state index in [1.54, 1.807) is 0 Å². The fourth-order valence-corrected chi connectivity index (χ4v) is 2.67. The first-order valence-electron chi connectivity index (χ1n) is 7.07. The first-order chi connectivity index (χ1) is 9.69. The first kappa shape index (κ1) is 13.4. The molecule has 2 fully saturated rings. The van der Waals surface area contributed by atoms with Crippen LogP contribution in [-0.4, -0.2) is 26.5 Å². The summed E-state index contributed by atoms with van der Waals surface area (Å²) in [6.07, 6.45) is 7.18. The van der Waals surface area contributed by atoms with E-state index in [9.17, 15) is 5.26 Å². The minimum absolute atomic E-state index is 0.148. The van der Waals surface area contributed by atoms with Gasteiger partial charge in [-0.25, -0.2) is 0 Å². The SMILES string of the molecule is N#CC1(Nc2nc(Cl)nc(NC3CC3)n2)CCCCC1. The Morgan fingerprint density at radius 3 is 2.45 bits per heavy atom. The van der Waals surface area contributed by atoms with Crippen LogP contribution in [0.15, 0.2) is 0 Å². The summed E-state index contributed by atoms with van der Waals surface area (Å²) in [6.45, 7) is 0. The Morgan fingerprint density at radius 2 is 1.80 bits per heavy atom. The van der Waals surface area contributed by atoms with Crippen LogP contribution in [0, 0.1) is 11.3 Å². The average molecular weight is 293 g/mol. The highest BCUT2D eigenvalue weighted by atomic mass is 35.5. The van der Waals surface area contributed by atoms with E-state index < -0.39 is 5.54 Å². The van der Waals surface area contributed by atoms with E-state index >= 15 is 0 Å². The van der Waals surface area contributed by atoms with Gasteiger partial charge in [-0.1, -0.05) is 19.3 Å². The standard InChI is InChI=1S/C13H17ClN6/c14-10-17-11(16-9-4-5-9)19-12(18-10)20-13(8-15)6-2-1-3-7-13/h9H,1-7H2,(H2,16,17,18,19,20). The van der Waals surface area contributed by atoms with E-state index in [-0.39, 0.29) is 5.28 Å². The normalized spacial score (nSPS) is 21.0. The third-order valence-corrected chi connectivity index (χ3v) is 3.96. The number of rotatable bonds is 4. The molecule has 1 aromatic heterocycles. The van der Waals surface area contributed by atoms with Crippen LogP contribution in [0.1, 0.15) is 44.9 Å². The number of hydrogen-bond acceptors (Lipinski definition) is 6. The van der Waals surface area contributed by atoms with Gasteiger partial charge in [0.25, 0.3) is 0 Å². The van der Waals surface area contributed by atoms with Crippen molar-refractivity contribution in [2.45, 2.75) is 56.5 Å². The molecule has 1 aromatic rings. The maximum absolute atomic E-state index is 9.46. The molecular weight excluding hydrogens is 276 g/mol. The summed E-state index contributed by atoms with van der Waals surface area (Å²) in [5, 5.41) is 16.0. The highest BCUT2D eigenvalue weighted by Crippen LogP contribution is 2.31. The van der Waals surface area contributed by atoms with E-state index in [1.807, 2.05) is 0 Å². The molecule has 3 rings (SSSR count). The molecule has 6 nitrogen and oxygen atoms in total. The Morgan fingerprint density at radius 1 is 1.10 bits per heavy atom. The zero-order valence-corrected chi connectivity index (χ0v) is 11.9. The second-order valence-corrected chi connectivity index (χ2v) is 5.89. The van der Waals surface area contributed by atoms with Crippen LogP contribution < -0.4 is 10.6 Å². The van der Waals surface area contributed by atoms with Gasteiger partial charge in [-0.2, -0.15) is 20.2 Å². The Bertz CT molecular complexity index is 530. The van der Waals surface area contributed by atoms with Crippen molar-refractivity contribution in [2.75, 3.05) is 10.6 Å². The zero-order valence-electron chi connectivity index (χ0n) is 11.2. The molecule has 7 heteroatoms. The summed E-state index contributed by atoms with van der Waals surface area (Å²) >= 11 is 5.94. The molecule has 2 aliphatic rings. The van der Waals surface area contributed by atoms with E-state index in [0.29, 0.717) is 17.9 Å². The molecule has 0 unspecified atom stereocenters. The summed E-state index contributed by atoms with van der Waals surface area (Å²) in [6, 6.07) is 2.83. The predicted octanol–water partition coefficient (Wildman–Crippen LogP) is 2.74. The summed E-state index contributed by atoms with van der Waals surface area (Å²) in [5.74, 6) is 0.871. The fourth-order valence-electron chi connectivity index (χ4n) is 2.51.